The molecule has 5 nitrogen and oxygen atoms in total. The van der Waals surface area contributed by atoms with Crippen LogP contribution in [-0.4, -0.2) is 41.7 Å². The number of hydrogen-bond acceptors (Lipinski definition) is 2. The van der Waals surface area contributed by atoms with Crippen LogP contribution in [0, 0.1) is 0 Å². The minimum absolute atomic E-state index is 0.0273. The maximum Gasteiger partial charge on any atom is 0.317 e. The van der Waals surface area contributed by atoms with Gasteiger partial charge in [0.25, 0.3) is 0 Å². The van der Waals surface area contributed by atoms with Crippen LogP contribution >= 0.6 is 0 Å². The molecule has 1 fully saturated rings. The number of aromatic nitrogens is 1. The van der Waals surface area contributed by atoms with Crippen LogP contribution in [0.25, 0.3) is 10.9 Å². The summed E-state index contributed by atoms with van der Waals surface area (Å²) in [6, 6.07) is 8.29. The van der Waals surface area contributed by atoms with E-state index in [1.807, 2.05) is 24.1 Å². The quantitative estimate of drug-likeness (QED) is 0.865. The van der Waals surface area contributed by atoms with E-state index < -0.39 is 0 Å². The van der Waals surface area contributed by atoms with Gasteiger partial charge in [0.05, 0.1) is 0 Å². The predicted molar refractivity (Wildman–Crippen MR) is 79.6 cm³/mol. The average Bonchev–Trinajstić information content (AvgIpc) is 2.83. The maximum absolute atomic E-state index is 12.1. The third-order valence-corrected chi connectivity index (χ3v) is 3.81. The molecule has 5 heteroatoms. The van der Waals surface area contributed by atoms with E-state index in [1.54, 1.807) is 0 Å². The molecule has 20 heavy (non-hydrogen) atoms. The second-order valence-electron chi connectivity index (χ2n) is 5.18. The monoisotopic (exact) mass is 272 g/mol. The van der Waals surface area contributed by atoms with Crippen molar-refractivity contribution in [3.05, 3.63) is 36.0 Å². The van der Waals surface area contributed by atoms with Crippen LogP contribution in [-0.2, 0) is 13.6 Å². The highest BCUT2D eigenvalue weighted by Crippen LogP contribution is 2.19. The van der Waals surface area contributed by atoms with Gasteiger partial charge in [-0.3, -0.25) is 0 Å². The number of benzene rings is 1. The molecular weight excluding hydrogens is 252 g/mol. The van der Waals surface area contributed by atoms with Gasteiger partial charge in [0, 0.05) is 56.9 Å². The van der Waals surface area contributed by atoms with E-state index in [9.17, 15) is 4.79 Å². The number of urea groups is 1. The zero-order valence-electron chi connectivity index (χ0n) is 11.7. The van der Waals surface area contributed by atoms with Crippen LogP contribution in [0.4, 0.5) is 4.79 Å². The summed E-state index contributed by atoms with van der Waals surface area (Å²) in [4.78, 5) is 14.0. The highest BCUT2D eigenvalue weighted by molar-refractivity contribution is 5.84. The first kappa shape index (κ1) is 13.0. The van der Waals surface area contributed by atoms with Gasteiger partial charge in [-0.25, -0.2) is 4.79 Å². The van der Waals surface area contributed by atoms with Gasteiger partial charge in [-0.1, -0.05) is 18.2 Å². The number of nitrogens with one attached hydrogen (secondary N) is 2. The van der Waals surface area contributed by atoms with Gasteiger partial charge in [-0.2, -0.15) is 0 Å². The lowest BCUT2D eigenvalue weighted by atomic mass is 10.2. The number of aryl methyl sites for hydroxylation is 1. The van der Waals surface area contributed by atoms with Crippen molar-refractivity contribution in [1.82, 2.24) is 20.1 Å². The van der Waals surface area contributed by atoms with Gasteiger partial charge in [-0.15, -0.1) is 0 Å². The second-order valence-corrected chi connectivity index (χ2v) is 5.18. The fourth-order valence-corrected chi connectivity index (χ4v) is 2.72. The highest BCUT2D eigenvalue weighted by atomic mass is 16.2. The van der Waals surface area contributed by atoms with Crippen molar-refractivity contribution in [3.63, 3.8) is 0 Å². The third kappa shape index (κ3) is 2.49. The Hall–Kier alpha value is -2.01. The van der Waals surface area contributed by atoms with Crippen molar-refractivity contribution in [1.29, 1.82) is 0 Å². The molecule has 0 unspecified atom stereocenters. The summed E-state index contributed by atoms with van der Waals surface area (Å²) in [6.45, 7) is 3.89. The van der Waals surface area contributed by atoms with Crippen LogP contribution in [0.2, 0.25) is 0 Å². The number of carbonyl (C=O) groups is 1. The molecule has 2 heterocycles. The SMILES string of the molecule is Cn1cc(CNC(=O)N2CCNCC2)c2ccccc21. The third-order valence-electron chi connectivity index (χ3n) is 3.81. The first-order valence-electron chi connectivity index (χ1n) is 7.02. The standard InChI is InChI=1S/C15H20N4O/c1-18-11-12(13-4-2-3-5-14(13)18)10-17-15(20)19-8-6-16-7-9-19/h2-5,11,16H,6-10H2,1H3,(H,17,20). The van der Waals surface area contributed by atoms with E-state index in [4.69, 9.17) is 0 Å². The summed E-state index contributed by atoms with van der Waals surface area (Å²) in [6.07, 6.45) is 2.09. The molecule has 106 valence electrons. The fraction of sp³-hybridized carbons (Fsp3) is 0.400. The number of nitrogens with zero attached hydrogens (tertiary/aromatic N) is 2. The van der Waals surface area contributed by atoms with Gasteiger partial charge in [0.15, 0.2) is 0 Å². The van der Waals surface area contributed by atoms with Gasteiger partial charge >= 0.3 is 6.03 Å². The summed E-state index contributed by atoms with van der Waals surface area (Å²) in [5.74, 6) is 0. The summed E-state index contributed by atoms with van der Waals surface area (Å²) < 4.78 is 2.10. The lowest BCUT2D eigenvalue weighted by Crippen LogP contribution is -2.50. The summed E-state index contributed by atoms with van der Waals surface area (Å²) in [5, 5.41) is 7.47. The van der Waals surface area contributed by atoms with E-state index in [0.29, 0.717) is 6.54 Å². The Morgan fingerprint density at radius 1 is 1.30 bits per heavy atom. The molecular formula is C15H20N4O. The molecule has 0 aliphatic carbocycles. The van der Waals surface area contributed by atoms with Crippen molar-refractivity contribution in [2.45, 2.75) is 6.54 Å². The van der Waals surface area contributed by atoms with E-state index in [-0.39, 0.29) is 6.03 Å². The van der Waals surface area contributed by atoms with Gasteiger partial charge in [0.1, 0.15) is 0 Å². The molecule has 1 aliphatic rings. The Bertz CT molecular complexity index is 613. The number of carbonyl (C=O) groups excluding carboxylic acids is 1. The minimum Gasteiger partial charge on any atom is -0.350 e. The first-order valence-corrected chi connectivity index (χ1v) is 7.02. The number of piperazine rings is 1. The summed E-state index contributed by atoms with van der Waals surface area (Å²) in [5.41, 5.74) is 2.35. The van der Waals surface area contributed by atoms with Crippen LogP contribution in [0.3, 0.4) is 0 Å². The molecule has 2 N–H and O–H groups in total. The Kier molecular flexibility index (Phi) is 3.60. The topological polar surface area (TPSA) is 49.3 Å². The lowest BCUT2D eigenvalue weighted by Gasteiger charge is -2.27. The van der Waals surface area contributed by atoms with Gasteiger partial charge in [0.2, 0.25) is 0 Å². The highest BCUT2D eigenvalue weighted by Gasteiger charge is 2.16. The molecule has 0 atom stereocenters. The minimum atomic E-state index is 0.0273. The number of para-hydroxylation sites is 1. The van der Waals surface area contributed by atoms with Gasteiger partial charge in [-0.05, 0) is 11.6 Å². The molecule has 1 aliphatic heterocycles. The fourth-order valence-electron chi connectivity index (χ4n) is 2.72. The molecule has 1 aromatic heterocycles. The molecule has 0 radical (unpaired) electrons. The Morgan fingerprint density at radius 3 is 2.85 bits per heavy atom. The van der Waals surface area contributed by atoms with E-state index in [1.165, 1.54) is 10.9 Å². The summed E-state index contributed by atoms with van der Waals surface area (Å²) >= 11 is 0. The molecule has 1 aromatic carbocycles. The van der Waals surface area contributed by atoms with Gasteiger partial charge < -0.3 is 20.1 Å². The molecule has 0 bridgehead atoms. The van der Waals surface area contributed by atoms with Crippen LogP contribution < -0.4 is 10.6 Å². The van der Waals surface area contributed by atoms with Crippen molar-refractivity contribution in [2.75, 3.05) is 26.2 Å². The molecule has 0 spiro atoms. The molecule has 2 amide bonds. The Morgan fingerprint density at radius 2 is 2.05 bits per heavy atom. The van der Waals surface area contributed by atoms with Crippen LogP contribution in [0.15, 0.2) is 30.5 Å². The van der Waals surface area contributed by atoms with E-state index in [2.05, 4.69) is 33.5 Å². The number of hydrogen-bond donors (Lipinski definition) is 2. The summed E-state index contributed by atoms with van der Waals surface area (Å²) in [7, 11) is 2.03. The normalized spacial score (nSPS) is 15.6. The average molecular weight is 272 g/mol. The number of rotatable bonds is 2. The van der Waals surface area contributed by atoms with Crippen molar-refractivity contribution >= 4 is 16.9 Å². The number of amides is 2. The van der Waals surface area contributed by atoms with Crippen molar-refractivity contribution in [3.8, 4) is 0 Å². The maximum atomic E-state index is 12.1. The predicted octanol–water partition coefficient (Wildman–Crippen LogP) is 1.29. The number of fused-ring (bicyclic) bond motifs is 1. The van der Waals surface area contributed by atoms with Crippen molar-refractivity contribution in [2.24, 2.45) is 7.05 Å². The van der Waals surface area contributed by atoms with E-state index in [0.717, 1.165) is 31.7 Å². The molecule has 0 saturated carbocycles. The Labute approximate surface area is 118 Å². The second kappa shape index (κ2) is 5.54. The van der Waals surface area contributed by atoms with Crippen LogP contribution in [0.1, 0.15) is 5.56 Å². The zero-order valence-corrected chi connectivity index (χ0v) is 11.7. The molecule has 3 rings (SSSR count). The van der Waals surface area contributed by atoms with E-state index >= 15 is 0 Å². The molecule has 2 aromatic rings. The first-order chi connectivity index (χ1) is 9.75. The smallest absolute Gasteiger partial charge is 0.317 e. The lowest BCUT2D eigenvalue weighted by molar-refractivity contribution is 0.190. The molecule has 1 saturated heterocycles. The largest absolute Gasteiger partial charge is 0.350 e. The Balaban J connectivity index is 1.69. The van der Waals surface area contributed by atoms with Crippen LogP contribution in [0.5, 0.6) is 0 Å². The zero-order chi connectivity index (χ0) is 13.9. The van der Waals surface area contributed by atoms with Crippen molar-refractivity contribution < 1.29 is 4.79 Å².